The maximum absolute atomic E-state index is 12.3. The number of fused-ring (bicyclic) bond motifs is 5. The molecule has 2 heterocycles. The molecule has 2 N–H and O–H groups in total. The lowest BCUT2D eigenvalue weighted by Crippen LogP contribution is -2.19. The highest BCUT2D eigenvalue weighted by molar-refractivity contribution is 8.00. The van der Waals surface area contributed by atoms with Gasteiger partial charge in [-0.25, -0.2) is 9.97 Å². The van der Waals surface area contributed by atoms with Crippen molar-refractivity contribution in [2.45, 2.75) is 10.4 Å². The molecule has 0 bridgehead atoms. The molecule has 0 fully saturated rings. The second kappa shape index (κ2) is 6.65. The molecule has 0 saturated carbocycles. The van der Waals surface area contributed by atoms with Crippen LogP contribution in [0, 0.1) is 0 Å². The van der Waals surface area contributed by atoms with Gasteiger partial charge in [0.1, 0.15) is 10.9 Å². The van der Waals surface area contributed by atoms with Gasteiger partial charge in [0, 0.05) is 5.39 Å². The Labute approximate surface area is 165 Å². The van der Waals surface area contributed by atoms with E-state index in [9.17, 15) is 4.79 Å². The van der Waals surface area contributed by atoms with Crippen molar-refractivity contribution in [2.24, 2.45) is 5.73 Å². The zero-order chi connectivity index (χ0) is 19.1. The van der Waals surface area contributed by atoms with E-state index in [2.05, 4.69) is 0 Å². The summed E-state index contributed by atoms with van der Waals surface area (Å²) in [6, 6.07) is 25.4. The van der Waals surface area contributed by atoms with Gasteiger partial charge in [-0.05, 0) is 29.8 Å². The number of imidazole rings is 1. The van der Waals surface area contributed by atoms with Gasteiger partial charge >= 0.3 is 0 Å². The van der Waals surface area contributed by atoms with Crippen molar-refractivity contribution in [2.75, 3.05) is 0 Å². The predicted molar refractivity (Wildman–Crippen MR) is 112 cm³/mol. The maximum Gasteiger partial charge on any atom is 0.235 e. The Balaban J connectivity index is 1.79. The number of hydrogen-bond donors (Lipinski definition) is 1. The lowest BCUT2D eigenvalue weighted by molar-refractivity contribution is -0.117. The quantitative estimate of drug-likeness (QED) is 0.369. The Morgan fingerprint density at radius 1 is 0.857 bits per heavy atom. The van der Waals surface area contributed by atoms with Crippen LogP contribution in [0.15, 0.2) is 84.0 Å². The van der Waals surface area contributed by atoms with Crippen molar-refractivity contribution in [1.82, 2.24) is 14.4 Å². The third-order valence-corrected chi connectivity index (χ3v) is 5.92. The Hall–Kier alpha value is -3.38. The molecule has 5 nitrogen and oxygen atoms in total. The van der Waals surface area contributed by atoms with Crippen molar-refractivity contribution in [3.8, 4) is 0 Å². The second-order valence-corrected chi connectivity index (χ2v) is 7.55. The fraction of sp³-hybridized carbons (Fsp3) is 0.0455. The van der Waals surface area contributed by atoms with E-state index in [1.54, 1.807) is 0 Å². The maximum atomic E-state index is 12.3. The third-order valence-electron chi connectivity index (χ3n) is 4.70. The third kappa shape index (κ3) is 2.70. The predicted octanol–water partition coefficient (Wildman–Crippen LogP) is 4.35. The van der Waals surface area contributed by atoms with Crippen LogP contribution >= 0.6 is 11.8 Å². The van der Waals surface area contributed by atoms with Gasteiger partial charge < -0.3 is 5.73 Å². The van der Waals surface area contributed by atoms with E-state index < -0.39 is 11.2 Å². The Bertz CT molecular complexity index is 1330. The SMILES string of the molecule is NC(=O)[C@@H](Sc1nc2ccccc2c2nc3ccccc3n12)c1ccccc1. The summed E-state index contributed by atoms with van der Waals surface area (Å²) in [5.41, 5.74) is 10.1. The van der Waals surface area contributed by atoms with E-state index >= 15 is 0 Å². The highest BCUT2D eigenvalue weighted by Gasteiger charge is 2.23. The van der Waals surface area contributed by atoms with Gasteiger partial charge in [0.2, 0.25) is 5.91 Å². The summed E-state index contributed by atoms with van der Waals surface area (Å²) in [5.74, 6) is -0.399. The van der Waals surface area contributed by atoms with Gasteiger partial charge in [0.05, 0.1) is 16.6 Å². The number of aromatic nitrogens is 3. The number of primary amides is 1. The first-order chi connectivity index (χ1) is 13.7. The van der Waals surface area contributed by atoms with Gasteiger partial charge in [0.15, 0.2) is 5.16 Å². The zero-order valence-corrected chi connectivity index (χ0v) is 15.6. The summed E-state index contributed by atoms with van der Waals surface area (Å²) in [4.78, 5) is 21.9. The highest BCUT2D eigenvalue weighted by Crippen LogP contribution is 2.37. The van der Waals surface area contributed by atoms with Crippen LogP contribution < -0.4 is 5.73 Å². The van der Waals surface area contributed by atoms with Gasteiger partial charge in [-0.1, -0.05) is 66.4 Å². The normalized spacial score (nSPS) is 12.6. The van der Waals surface area contributed by atoms with E-state index in [1.165, 1.54) is 11.8 Å². The Morgan fingerprint density at radius 2 is 1.54 bits per heavy atom. The number of nitrogens with two attached hydrogens (primary N) is 1. The van der Waals surface area contributed by atoms with Crippen LogP contribution in [0.5, 0.6) is 0 Å². The molecule has 0 radical (unpaired) electrons. The van der Waals surface area contributed by atoms with E-state index in [0.717, 1.165) is 33.1 Å². The van der Waals surface area contributed by atoms with Crippen LogP contribution in [0.2, 0.25) is 0 Å². The minimum Gasteiger partial charge on any atom is -0.368 e. The van der Waals surface area contributed by atoms with Gasteiger partial charge in [-0.2, -0.15) is 0 Å². The van der Waals surface area contributed by atoms with Crippen molar-refractivity contribution >= 4 is 45.3 Å². The van der Waals surface area contributed by atoms with Crippen LogP contribution in [0.4, 0.5) is 0 Å². The van der Waals surface area contributed by atoms with E-state index in [4.69, 9.17) is 15.7 Å². The Morgan fingerprint density at radius 3 is 2.32 bits per heavy atom. The second-order valence-electron chi connectivity index (χ2n) is 6.48. The molecular formula is C22H16N4OS. The molecule has 0 spiro atoms. The molecular weight excluding hydrogens is 368 g/mol. The minimum atomic E-state index is -0.542. The molecule has 1 amide bonds. The molecule has 0 saturated heterocycles. The first-order valence-corrected chi connectivity index (χ1v) is 9.77. The summed E-state index contributed by atoms with van der Waals surface area (Å²) < 4.78 is 2.02. The average molecular weight is 384 g/mol. The smallest absolute Gasteiger partial charge is 0.235 e. The van der Waals surface area contributed by atoms with Crippen molar-refractivity contribution in [1.29, 1.82) is 0 Å². The fourth-order valence-electron chi connectivity index (χ4n) is 3.42. The summed E-state index contributed by atoms with van der Waals surface area (Å²) in [5, 5.41) is 1.12. The van der Waals surface area contributed by atoms with E-state index in [-0.39, 0.29) is 0 Å². The number of amides is 1. The van der Waals surface area contributed by atoms with Crippen molar-refractivity contribution in [3.63, 3.8) is 0 Å². The first kappa shape index (κ1) is 16.8. The monoisotopic (exact) mass is 384 g/mol. The number of carbonyl (C=O) groups excluding carboxylic acids is 1. The largest absolute Gasteiger partial charge is 0.368 e. The van der Waals surface area contributed by atoms with Crippen LogP contribution in [-0.2, 0) is 4.79 Å². The van der Waals surface area contributed by atoms with E-state index in [1.807, 2.05) is 83.3 Å². The number of thioether (sulfide) groups is 1. The van der Waals surface area contributed by atoms with Crippen LogP contribution in [0.1, 0.15) is 10.8 Å². The zero-order valence-electron chi connectivity index (χ0n) is 14.8. The molecule has 1 atom stereocenters. The summed E-state index contributed by atoms with van der Waals surface area (Å²) in [6.07, 6.45) is 0. The molecule has 0 aliphatic carbocycles. The lowest BCUT2D eigenvalue weighted by atomic mass is 10.1. The molecule has 0 aliphatic rings. The van der Waals surface area contributed by atoms with Gasteiger partial charge in [-0.3, -0.25) is 9.20 Å². The first-order valence-electron chi connectivity index (χ1n) is 8.89. The molecule has 2 aromatic heterocycles. The van der Waals surface area contributed by atoms with Crippen LogP contribution in [-0.4, -0.2) is 20.3 Å². The highest BCUT2D eigenvalue weighted by atomic mass is 32.2. The van der Waals surface area contributed by atoms with Gasteiger partial charge in [0.25, 0.3) is 0 Å². The molecule has 3 aromatic carbocycles. The van der Waals surface area contributed by atoms with Crippen LogP contribution in [0.25, 0.3) is 27.6 Å². The standard InChI is InChI=1S/C22H16N4OS/c23-20(27)19(14-8-2-1-3-9-14)28-22-25-16-11-5-4-10-15(16)21-24-17-12-6-7-13-18(17)26(21)22/h1-13,19H,(H2,23,27)/t19-/m0/s1. The van der Waals surface area contributed by atoms with E-state index in [0.29, 0.717) is 5.16 Å². The van der Waals surface area contributed by atoms with Crippen molar-refractivity contribution < 1.29 is 4.79 Å². The number of carbonyl (C=O) groups is 1. The lowest BCUT2D eigenvalue weighted by Gasteiger charge is -2.15. The minimum absolute atomic E-state index is 0.399. The average Bonchev–Trinajstić information content (AvgIpc) is 3.12. The molecule has 136 valence electrons. The number of rotatable bonds is 4. The molecule has 5 aromatic rings. The molecule has 5 rings (SSSR count). The number of nitrogens with zero attached hydrogens (tertiary/aromatic N) is 3. The molecule has 0 unspecified atom stereocenters. The number of benzene rings is 3. The summed E-state index contributed by atoms with van der Waals surface area (Å²) in [7, 11) is 0. The summed E-state index contributed by atoms with van der Waals surface area (Å²) in [6.45, 7) is 0. The fourth-order valence-corrected chi connectivity index (χ4v) is 4.48. The summed E-state index contributed by atoms with van der Waals surface area (Å²) >= 11 is 1.35. The number of para-hydroxylation sites is 3. The van der Waals surface area contributed by atoms with Crippen LogP contribution in [0.3, 0.4) is 0 Å². The molecule has 6 heteroatoms. The topological polar surface area (TPSA) is 73.3 Å². The van der Waals surface area contributed by atoms with Gasteiger partial charge in [-0.15, -0.1) is 0 Å². The Kier molecular flexibility index (Phi) is 3.98. The number of hydrogen-bond acceptors (Lipinski definition) is 4. The molecule has 28 heavy (non-hydrogen) atoms. The molecule has 0 aliphatic heterocycles. The van der Waals surface area contributed by atoms with Crippen molar-refractivity contribution in [3.05, 3.63) is 84.4 Å².